The highest BCUT2D eigenvalue weighted by Crippen LogP contribution is 2.14. The largest absolute Gasteiger partial charge is 0.466 e. The second-order valence-electron chi connectivity index (χ2n) is 3.02. The summed E-state index contributed by atoms with van der Waals surface area (Å²) >= 11 is 0. The summed E-state index contributed by atoms with van der Waals surface area (Å²) in [6.07, 6.45) is 4.84. The van der Waals surface area contributed by atoms with Crippen LogP contribution in [0.2, 0.25) is 0 Å². The van der Waals surface area contributed by atoms with Crippen molar-refractivity contribution in [1.29, 1.82) is 0 Å². The van der Waals surface area contributed by atoms with Gasteiger partial charge in [0.05, 0.1) is 25.2 Å². The van der Waals surface area contributed by atoms with Crippen molar-refractivity contribution < 1.29 is 14.3 Å². The van der Waals surface area contributed by atoms with Crippen LogP contribution in [-0.4, -0.2) is 25.3 Å². The van der Waals surface area contributed by atoms with Crippen LogP contribution in [0.15, 0.2) is 12.2 Å². The number of rotatable bonds is 5. The van der Waals surface area contributed by atoms with Crippen molar-refractivity contribution in [3.05, 3.63) is 12.2 Å². The van der Waals surface area contributed by atoms with Crippen molar-refractivity contribution >= 4 is 5.97 Å². The molecule has 2 atom stereocenters. The molecule has 1 aliphatic heterocycles. The van der Waals surface area contributed by atoms with Gasteiger partial charge in [0, 0.05) is 0 Å². The van der Waals surface area contributed by atoms with Crippen LogP contribution in [0.5, 0.6) is 0 Å². The third-order valence-electron chi connectivity index (χ3n) is 1.95. The molecule has 3 nitrogen and oxygen atoms in total. The van der Waals surface area contributed by atoms with E-state index in [1.54, 1.807) is 0 Å². The molecule has 13 heavy (non-hydrogen) atoms. The van der Waals surface area contributed by atoms with Gasteiger partial charge in [0.1, 0.15) is 0 Å². The first-order valence-corrected chi connectivity index (χ1v) is 4.74. The summed E-state index contributed by atoms with van der Waals surface area (Å²) in [5.74, 6) is -0.244. The Balaban J connectivity index is 2.35. The van der Waals surface area contributed by atoms with Crippen molar-refractivity contribution in [3.63, 3.8) is 0 Å². The van der Waals surface area contributed by atoms with Gasteiger partial charge in [0.2, 0.25) is 0 Å². The molecule has 0 radical (unpaired) electrons. The van der Waals surface area contributed by atoms with Gasteiger partial charge in [-0.05, 0) is 13.3 Å². The van der Waals surface area contributed by atoms with Gasteiger partial charge in [-0.2, -0.15) is 0 Å². The maximum atomic E-state index is 11.3. The van der Waals surface area contributed by atoms with Gasteiger partial charge >= 0.3 is 5.97 Å². The Bertz CT molecular complexity index is 194. The van der Waals surface area contributed by atoms with Crippen LogP contribution in [-0.2, 0) is 14.3 Å². The Morgan fingerprint density at radius 1 is 1.69 bits per heavy atom. The second-order valence-corrected chi connectivity index (χ2v) is 3.02. The minimum Gasteiger partial charge on any atom is -0.466 e. The molecule has 2 unspecified atom stereocenters. The molecular weight excluding hydrogens is 168 g/mol. The molecule has 0 saturated carbocycles. The smallest absolute Gasteiger partial charge is 0.312 e. The average molecular weight is 184 g/mol. The summed E-state index contributed by atoms with van der Waals surface area (Å²) in [5, 5.41) is 0. The van der Waals surface area contributed by atoms with Crippen molar-refractivity contribution in [3.8, 4) is 0 Å². The monoisotopic (exact) mass is 184 g/mol. The van der Waals surface area contributed by atoms with Gasteiger partial charge in [0.15, 0.2) is 0 Å². The standard InChI is InChI=1S/C10H16O3/c1-3-8(10(11)12-4-2)5-6-9-7-13-9/h5-6,8-9H,3-4,7H2,1-2H3/b6-5+. The van der Waals surface area contributed by atoms with Gasteiger partial charge in [-0.25, -0.2) is 0 Å². The first-order chi connectivity index (χ1) is 6.27. The van der Waals surface area contributed by atoms with Crippen LogP contribution in [0.4, 0.5) is 0 Å². The fraction of sp³-hybridized carbons (Fsp3) is 0.700. The summed E-state index contributed by atoms with van der Waals surface area (Å²) in [6, 6.07) is 0. The van der Waals surface area contributed by atoms with E-state index in [1.165, 1.54) is 0 Å². The van der Waals surface area contributed by atoms with Crippen LogP contribution in [0.1, 0.15) is 20.3 Å². The van der Waals surface area contributed by atoms with Gasteiger partial charge in [-0.1, -0.05) is 19.1 Å². The number of hydrogen-bond donors (Lipinski definition) is 0. The molecule has 0 aliphatic carbocycles. The third-order valence-corrected chi connectivity index (χ3v) is 1.95. The van der Waals surface area contributed by atoms with Crippen molar-refractivity contribution in [1.82, 2.24) is 0 Å². The highest BCUT2D eigenvalue weighted by Gasteiger charge is 2.20. The molecule has 0 amide bonds. The average Bonchev–Trinajstić information content (AvgIpc) is 2.89. The molecule has 0 aromatic heterocycles. The van der Waals surface area contributed by atoms with E-state index in [2.05, 4.69) is 0 Å². The van der Waals surface area contributed by atoms with E-state index in [-0.39, 0.29) is 18.0 Å². The SMILES string of the molecule is CCOC(=O)C(/C=C/C1CO1)CC. The zero-order chi connectivity index (χ0) is 9.68. The zero-order valence-corrected chi connectivity index (χ0v) is 8.16. The Morgan fingerprint density at radius 3 is 2.85 bits per heavy atom. The van der Waals surface area contributed by atoms with Crippen LogP contribution in [0.25, 0.3) is 0 Å². The molecule has 0 aromatic rings. The fourth-order valence-corrected chi connectivity index (χ4v) is 1.06. The van der Waals surface area contributed by atoms with Crippen molar-refractivity contribution in [2.24, 2.45) is 5.92 Å². The number of carbonyl (C=O) groups is 1. The molecule has 0 N–H and O–H groups in total. The molecule has 1 saturated heterocycles. The molecule has 1 rings (SSSR count). The number of ether oxygens (including phenoxy) is 2. The summed E-state index contributed by atoms with van der Waals surface area (Å²) in [7, 11) is 0. The van der Waals surface area contributed by atoms with Crippen LogP contribution in [0.3, 0.4) is 0 Å². The lowest BCUT2D eigenvalue weighted by Crippen LogP contribution is -2.14. The molecule has 0 aromatic carbocycles. The summed E-state index contributed by atoms with van der Waals surface area (Å²) in [6.45, 7) is 5.02. The summed E-state index contributed by atoms with van der Waals surface area (Å²) in [5.41, 5.74) is 0. The maximum Gasteiger partial charge on any atom is 0.312 e. The number of esters is 1. The first-order valence-electron chi connectivity index (χ1n) is 4.74. The van der Waals surface area contributed by atoms with E-state index in [4.69, 9.17) is 9.47 Å². The first kappa shape index (κ1) is 10.3. The lowest BCUT2D eigenvalue weighted by Gasteiger charge is -2.07. The summed E-state index contributed by atoms with van der Waals surface area (Å²) < 4.78 is 9.92. The maximum absolute atomic E-state index is 11.3. The predicted molar refractivity (Wildman–Crippen MR) is 49.3 cm³/mol. The zero-order valence-electron chi connectivity index (χ0n) is 8.16. The molecule has 0 bridgehead atoms. The van der Waals surface area contributed by atoms with Gasteiger partial charge in [-0.3, -0.25) is 4.79 Å². The highest BCUT2D eigenvalue weighted by atomic mass is 16.6. The van der Waals surface area contributed by atoms with Gasteiger partial charge in [-0.15, -0.1) is 0 Å². The van der Waals surface area contributed by atoms with E-state index in [0.29, 0.717) is 6.61 Å². The molecule has 1 heterocycles. The lowest BCUT2D eigenvalue weighted by molar-refractivity contribution is -0.146. The van der Waals surface area contributed by atoms with Gasteiger partial charge < -0.3 is 9.47 Å². The molecule has 1 aliphatic rings. The van der Waals surface area contributed by atoms with Crippen LogP contribution < -0.4 is 0 Å². The molecule has 74 valence electrons. The number of epoxide rings is 1. The lowest BCUT2D eigenvalue weighted by atomic mass is 10.1. The van der Waals surface area contributed by atoms with Crippen molar-refractivity contribution in [2.45, 2.75) is 26.4 Å². The molecule has 1 fully saturated rings. The van der Waals surface area contributed by atoms with E-state index in [0.717, 1.165) is 13.0 Å². The van der Waals surface area contributed by atoms with E-state index in [9.17, 15) is 4.79 Å². The quantitative estimate of drug-likeness (QED) is 0.369. The summed E-state index contributed by atoms with van der Waals surface area (Å²) in [4.78, 5) is 11.3. The molecule has 3 heteroatoms. The molecule has 0 spiro atoms. The second kappa shape index (κ2) is 5.02. The fourth-order valence-electron chi connectivity index (χ4n) is 1.06. The number of carbonyl (C=O) groups excluding carboxylic acids is 1. The van der Waals surface area contributed by atoms with Gasteiger partial charge in [0.25, 0.3) is 0 Å². The van der Waals surface area contributed by atoms with E-state index in [1.807, 2.05) is 26.0 Å². The van der Waals surface area contributed by atoms with E-state index >= 15 is 0 Å². The van der Waals surface area contributed by atoms with Crippen LogP contribution in [0, 0.1) is 5.92 Å². The Morgan fingerprint density at radius 2 is 2.38 bits per heavy atom. The minimum atomic E-state index is -0.137. The third kappa shape index (κ3) is 3.59. The predicted octanol–water partition coefficient (Wildman–Crippen LogP) is 1.53. The Kier molecular flexibility index (Phi) is 3.96. The minimum absolute atomic E-state index is 0.107. The normalized spacial score (nSPS) is 23.1. The Labute approximate surface area is 78.7 Å². The topological polar surface area (TPSA) is 38.8 Å². The number of hydrogen-bond acceptors (Lipinski definition) is 3. The van der Waals surface area contributed by atoms with Crippen molar-refractivity contribution in [2.75, 3.05) is 13.2 Å². The molecular formula is C10H16O3. The Hall–Kier alpha value is -0.830. The highest BCUT2D eigenvalue weighted by molar-refractivity contribution is 5.74. The van der Waals surface area contributed by atoms with Crippen LogP contribution >= 0.6 is 0 Å². The van der Waals surface area contributed by atoms with E-state index < -0.39 is 0 Å².